The van der Waals surface area contributed by atoms with E-state index in [0.717, 1.165) is 14.2 Å². The molecule has 0 saturated heterocycles. The minimum Gasteiger partial charge on any atom is -0.396 e. The summed E-state index contributed by atoms with van der Waals surface area (Å²) in [6.07, 6.45) is 0. The number of allylic oxidation sites excluding steroid dienone is 1. The van der Waals surface area contributed by atoms with E-state index in [4.69, 9.17) is 5.73 Å². The average molecular weight is 305 g/mol. The van der Waals surface area contributed by atoms with Crippen molar-refractivity contribution in [3.05, 3.63) is 56.7 Å². The van der Waals surface area contributed by atoms with Gasteiger partial charge in [-0.15, -0.1) is 11.3 Å². The van der Waals surface area contributed by atoms with Crippen LogP contribution in [-0.2, 0) is 0 Å². The molecule has 0 bridgehead atoms. The van der Waals surface area contributed by atoms with Crippen LogP contribution in [0.3, 0.4) is 0 Å². The van der Waals surface area contributed by atoms with Crippen LogP contribution in [0.25, 0.3) is 11.3 Å². The first-order valence-corrected chi connectivity index (χ1v) is 6.54. The molecule has 84 valence electrons. The molecule has 0 saturated carbocycles. The maximum atomic E-state index is 9.22. The number of hydrogen-bond acceptors (Lipinski definition) is 3. The third-order valence-corrected chi connectivity index (χ3v) is 3.94. The van der Waals surface area contributed by atoms with Gasteiger partial charge in [0.15, 0.2) is 0 Å². The van der Waals surface area contributed by atoms with Crippen molar-refractivity contribution in [3.8, 4) is 6.07 Å². The van der Waals surface area contributed by atoms with Crippen LogP contribution < -0.4 is 5.73 Å². The van der Waals surface area contributed by atoms with Gasteiger partial charge in [-0.05, 0) is 33.6 Å². The molecular weight excluding hydrogens is 296 g/mol. The highest BCUT2D eigenvalue weighted by molar-refractivity contribution is 9.11. The van der Waals surface area contributed by atoms with Crippen molar-refractivity contribution in [2.24, 2.45) is 5.73 Å². The Kier molecular flexibility index (Phi) is 3.62. The predicted molar refractivity (Wildman–Crippen MR) is 75.1 cm³/mol. The first-order valence-electron chi connectivity index (χ1n) is 4.93. The van der Waals surface area contributed by atoms with Gasteiger partial charge in [0.05, 0.1) is 19.9 Å². The highest BCUT2D eigenvalue weighted by Crippen LogP contribution is 2.29. The molecule has 0 amide bonds. The summed E-state index contributed by atoms with van der Waals surface area (Å²) in [5, 5.41) is 9.22. The molecule has 0 radical (unpaired) electrons. The number of nitrogens with two attached hydrogens (primary N) is 1. The van der Waals surface area contributed by atoms with Gasteiger partial charge in [0.2, 0.25) is 0 Å². The van der Waals surface area contributed by atoms with Gasteiger partial charge in [-0.3, -0.25) is 0 Å². The molecule has 1 aromatic heterocycles. The number of halogens is 1. The minimum atomic E-state index is 0.514. The minimum absolute atomic E-state index is 0.514. The molecule has 2 N–H and O–H groups in total. The van der Waals surface area contributed by atoms with Crippen LogP contribution in [-0.4, -0.2) is 0 Å². The summed E-state index contributed by atoms with van der Waals surface area (Å²) in [6, 6.07) is 15.5. The van der Waals surface area contributed by atoms with Gasteiger partial charge < -0.3 is 5.73 Å². The van der Waals surface area contributed by atoms with Crippen LogP contribution in [0.5, 0.6) is 0 Å². The second-order valence-electron chi connectivity index (χ2n) is 3.37. The van der Waals surface area contributed by atoms with E-state index in [0.29, 0.717) is 11.3 Å². The number of nitrogens with zero attached hydrogens (tertiary/aromatic N) is 1. The lowest BCUT2D eigenvalue weighted by molar-refractivity contribution is 1.50. The molecule has 2 aromatic rings. The second kappa shape index (κ2) is 5.17. The lowest BCUT2D eigenvalue weighted by Gasteiger charge is -2.03. The van der Waals surface area contributed by atoms with Crippen LogP contribution in [0.1, 0.15) is 10.4 Å². The smallest absolute Gasteiger partial charge is 0.102 e. The van der Waals surface area contributed by atoms with E-state index in [-0.39, 0.29) is 0 Å². The normalized spacial score (nSPS) is 11.8. The molecule has 2 nitrogen and oxygen atoms in total. The molecule has 1 aromatic carbocycles. The van der Waals surface area contributed by atoms with Gasteiger partial charge in [0, 0.05) is 0 Å². The highest BCUT2D eigenvalue weighted by Gasteiger charge is 2.09. The summed E-state index contributed by atoms with van der Waals surface area (Å²) < 4.78 is 1.00. The summed E-state index contributed by atoms with van der Waals surface area (Å²) >= 11 is 4.90. The number of thiophene rings is 1. The van der Waals surface area contributed by atoms with Crippen molar-refractivity contribution in [3.63, 3.8) is 0 Å². The van der Waals surface area contributed by atoms with Crippen LogP contribution in [0.15, 0.2) is 46.3 Å². The fourth-order valence-electron chi connectivity index (χ4n) is 1.47. The largest absolute Gasteiger partial charge is 0.396 e. The Morgan fingerprint density at radius 3 is 2.41 bits per heavy atom. The SMILES string of the molecule is N#C/C(=C(/N)c1ccc(Br)s1)c1ccccc1. The van der Waals surface area contributed by atoms with E-state index in [1.807, 2.05) is 42.5 Å². The number of hydrogen-bond donors (Lipinski definition) is 1. The van der Waals surface area contributed by atoms with E-state index in [2.05, 4.69) is 22.0 Å². The zero-order chi connectivity index (χ0) is 12.3. The molecule has 0 aliphatic rings. The highest BCUT2D eigenvalue weighted by atomic mass is 79.9. The van der Waals surface area contributed by atoms with E-state index in [1.165, 1.54) is 11.3 Å². The second-order valence-corrected chi connectivity index (χ2v) is 5.83. The zero-order valence-corrected chi connectivity index (χ0v) is 11.3. The molecule has 4 heteroatoms. The van der Waals surface area contributed by atoms with Crippen LogP contribution in [0.2, 0.25) is 0 Å². The third kappa shape index (κ3) is 2.57. The van der Waals surface area contributed by atoms with Gasteiger partial charge >= 0.3 is 0 Å². The summed E-state index contributed by atoms with van der Waals surface area (Å²) in [6.45, 7) is 0. The molecular formula is C13H9BrN2S. The topological polar surface area (TPSA) is 49.8 Å². The molecule has 0 fully saturated rings. The lowest BCUT2D eigenvalue weighted by atomic mass is 10.0. The molecule has 0 unspecified atom stereocenters. The molecule has 0 spiro atoms. The molecule has 1 heterocycles. The summed E-state index contributed by atoms with van der Waals surface area (Å²) in [5.41, 5.74) is 7.92. The fourth-order valence-corrected chi connectivity index (χ4v) is 2.82. The number of rotatable bonds is 2. The van der Waals surface area contributed by atoms with E-state index in [1.54, 1.807) is 0 Å². The van der Waals surface area contributed by atoms with Gasteiger partial charge in [-0.25, -0.2) is 0 Å². The maximum absolute atomic E-state index is 9.22. The Labute approximate surface area is 112 Å². The number of nitriles is 1. The van der Waals surface area contributed by atoms with Crippen molar-refractivity contribution < 1.29 is 0 Å². The molecule has 2 rings (SSSR count). The summed E-state index contributed by atoms with van der Waals surface area (Å²) in [4.78, 5) is 0.900. The van der Waals surface area contributed by atoms with Crippen LogP contribution in [0, 0.1) is 11.3 Å². The fraction of sp³-hybridized carbons (Fsp3) is 0. The van der Waals surface area contributed by atoms with E-state index < -0.39 is 0 Å². The standard InChI is InChI=1S/C13H9BrN2S/c14-12-7-6-11(17-12)13(16)10(8-15)9-4-2-1-3-5-9/h1-7H,16H2/b13-10-. The van der Waals surface area contributed by atoms with E-state index >= 15 is 0 Å². The van der Waals surface area contributed by atoms with Crippen molar-refractivity contribution in [2.75, 3.05) is 0 Å². The van der Waals surface area contributed by atoms with Crippen molar-refractivity contribution in [1.29, 1.82) is 5.26 Å². The Morgan fingerprint density at radius 2 is 1.88 bits per heavy atom. The lowest BCUT2D eigenvalue weighted by Crippen LogP contribution is -1.98. The summed E-state index contributed by atoms with van der Waals surface area (Å²) in [7, 11) is 0. The Morgan fingerprint density at radius 1 is 1.18 bits per heavy atom. The van der Waals surface area contributed by atoms with Crippen LogP contribution >= 0.6 is 27.3 Å². The first kappa shape index (κ1) is 11.9. The van der Waals surface area contributed by atoms with E-state index in [9.17, 15) is 5.26 Å². The van der Waals surface area contributed by atoms with Gasteiger partial charge in [-0.2, -0.15) is 5.26 Å². The molecule has 0 aliphatic heterocycles. The van der Waals surface area contributed by atoms with Gasteiger partial charge in [0.25, 0.3) is 0 Å². The molecule has 17 heavy (non-hydrogen) atoms. The predicted octanol–water partition coefficient (Wildman–Crippen LogP) is 3.86. The monoisotopic (exact) mass is 304 g/mol. The maximum Gasteiger partial charge on any atom is 0.102 e. The molecule has 0 atom stereocenters. The van der Waals surface area contributed by atoms with Crippen LogP contribution in [0.4, 0.5) is 0 Å². The number of benzene rings is 1. The Hall–Kier alpha value is -1.57. The van der Waals surface area contributed by atoms with Crippen molar-refractivity contribution in [2.45, 2.75) is 0 Å². The molecule has 0 aliphatic carbocycles. The van der Waals surface area contributed by atoms with Crippen molar-refractivity contribution in [1.82, 2.24) is 0 Å². The zero-order valence-electron chi connectivity index (χ0n) is 8.85. The summed E-state index contributed by atoms with van der Waals surface area (Å²) in [5.74, 6) is 0. The Bertz CT molecular complexity index is 593. The third-order valence-electron chi connectivity index (χ3n) is 2.28. The quantitative estimate of drug-likeness (QED) is 0.856. The average Bonchev–Trinajstić information content (AvgIpc) is 2.78. The first-order chi connectivity index (χ1) is 8.22. The van der Waals surface area contributed by atoms with Crippen molar-refractivity contribution >= 4 is 38.5 Å². The van der Waals surface area contributed by atoms with Gasteiger partial charge in [-0.1, -0.05) is 30.3 Å². The van der Waals surface area contributed by atoms with Gasteiger partial charge in [0.1, 0.15) is 6.07 Å². The Balaban J connectivity index is 2.52.